The van der Waals surface area contributed by atoms with E-state index in [-0.39, 0.29) is 0 Å². The Morgan fingerprint density at radius 3 is 2.77 bits per heavy atom. The van der Waals surface area contributed by atoms with Gasteiger partial charge in [0.25, 0.3) is 0 Å². The van der Waals surface area contributed by atoms with Crippen LogP contribution in [0.3, 0.4) is 0 Å². The molecule has 0 radical (unpaired) electrons. The third-order valence-corrected chi connectivity index (χ3v) is 5.05. The highest BCUT2D eigenvalue weighted by Gasteiger charge is 2.17. The smallest absolute Gasteiger partial charge is 0.0106 e. The molecule has 1 heterocycles. The van der Waals surface area contributed by atoms with Crippen molar-refractivity contribution in [3.8, 4) is 0 Å². The highest BCUT2D eigenvalue weighted by molar-refractivity contribution is 8.76. The maximum absolute atomic E-state index is 2.29. The first-order chi connectivity index (χ1) is 6.38. The summed E-state index contributed by atoms with van der Waals surface area (Å²) in [4.78, 5) is 0. The highest BCUT2D eigenvalue weighted by atomic mass is 33.1. The molecule has 1 unspecified atom stereocenters. The van der Waals surface area contributed by atoms with Crippen LogP contribution in [0.1, 0.15) is 23.5 Å². The van der Waals surface area contributed by atoms with Gasteiger partial charge in [0, 0.05) is 11.5 Å². The highest BCUT2D eigenvalue weighted by Crippen LogP contribution is 2.38. The lowest BCUT2D eigenvalue weighted by molar-refractivity contribution is 0.744. The fraction of sp³-hybridized carbons (Fsp3) is 0.455. The first kappa shape index (κ1) is 9.47. The van der Waals surface area contributed by atoms with Crippen molar-refractivity contribution in [1.29, 1.82) is 0 Å². The largest absolute Gasteiger partial charge is 0.0941 e. The van der Waals surface area contributed by atoms with Gasteiger partial charge in [0.2, 0.25) is 0 Å². The zero-order valence-electron chi connectivity index (χ0n) is 7.82. The van der Waals surface area contributed by atoms with Gasteiger partial charge in [-0.05, 0) is 30.4 Å². The predicted molar refractivity (Wildman–Crippen MR) is 63.5 cm³/mol. The summed E-state index contributed by atoms with van der Waals surface area (Å²) >= 11 is 0. The average molecular weight is 210 g/mol. The Hall–Kier alpha value is -0.0800. The second-order valence-electron chi connectivity index (χ2n) is 3.45. The second kappa shape index (κ2) is 4.43. The Morgan fingerprint density at radius 1 is 1.23 bits per heavy atom. The molecule has 1 saturated heterocycles. The Bertz CT molecular complexity index is 277. The van der Waals surface area contributed by atoms with Gasteiger partial charge in [-0.15, -0.1) is 0 Å². The van der Waals surface area contributed by atoms with Crippen molar-refractivity contribution in [2.24, 2.45) is 0 Å². The molecule has 0 nitrogen and oxygen atoms in total. The molecule has 0 N–H and O–H groups in total. The van der Waals surface area contributed by atoms with Crippen molar-refractivity contribution in [1.82, 2.24) is 0 Å². The van der Waals surface area contributed by atoms with Crippen molar-refractivity contribution >= 4 is 21.6 Å². The van der Waals surface area contributed by atoms with E-state index in [0.717, 1.165) is 5.92 Å². The molecular formula is C11H14S2. The molecule has 1 fully saturated rings. The summed E-state index contributed by atoms with van der Waals surface area (Å²) in [6.45, 7) is 2.22. The summed E-state index contributed by atoms with van der Waals surface area (Å²) in [5.41, 5.74) is 3.02. The zero-order valence-corrected chi connectivity index (χ0v) is 9.46. The molecule has 0 bridgehead atoms. The van der Waals surface area contributed by atoms with Crippen LogP contribution in [0.25, 0.3) is 0 Å². The minimum absolute atomic E-state index is 0.799. The first-order valence-electron chi connectivity index (χ1n) is 4.68. The molecule has 13 heavy (non-hydrogen) atoms. The van der Waals surface area contributed by atoms with Crippen LogP contribution in [0, 0.1) is 6.92 Å². The zero-order chi connectivity index (χ0) is 9.10. The summed E-state index contributed by atoms with van der Waals surface area (Å²) in [6.07, 6.45) is 1.35. The van der Waals surface area contributed by atoms with Crippen LogP contribution in [-0.2, 0) is 0 Å². The molecule has 0 aliphatic carbocycles. The van der Waals surface area contributed by atoms with Gasteiger partial charge < -0.3 is 0 Å². The molecular weight excluding hydrogens is 196 g/mol. The Balaban J connectivity index is 2.18. The molecule has 1 aliphatic heterocycles. The van der Waals surface area contributed by atoms with E-state index in [4.69, 9.17) is 0 Å². The molecule has 0 spiro atoms. The van der Waals surface area contributed by atoms with Crippen LogP contribution in [0.4, 0.5) is 0 Å². The van der Waals surface area contributed by atoms with E-state index in [1.54, 1.807) is 5.56 Å². The number of rotatable bonds is 1. The van der Waals surface area contributed by atoms with Crippen LogP contribution in [-0.4, -0.2) is 11.5 Å². The summed E-state index contributed by atoms with van der Waals surface area (Å²) in [6, 6.07) is 8.80. The van der Waals surface area contributed by atoms with Gasteiger partial charge in [0.1, 0.15) is 0 Å². The van der Waals surface area contributed by atoms with Crippen molar-refractivity contribution in [2.45, 2.75) is 19.3 Å². The number of benzene rings is 1. The standard InChI is InChI=1S/C11H14S2/c1-9-4-2-3-5-11(9)10-6-7-12-13-8-10/h2-5,10H,6-8H2,1H3. The quantitative estimate of drug-likeness (QED) is 0.645. The lowest BCUT2D eigenvalue weighted by atomic mass is 9.94. The van der Waals surface area contributed by atoms with Crippen LogP contribution in [0.5, 0.6) is 0 Å². The number of hydrogen-bond acceptors (Lipinski definition) is 2. The summed E-state index contributed by atoms with van der Waals surface area (Å²) in [7, 11) is 4.04. The van der Waals surface area contributed by atoms with Gasteiger partial charge in [0.05, 0.1) is 0 Å². The monoisotopic (exact) mass is 210 g/mol. The summed E-state index contributed by atoms with van der Waals surface area (Å²) in [5, 5.41) is 0. The lowest BCUT2D eigenvalue weighted by Crippen LogP contribution is -2.08. The van der Waals surface area contributed by atoms with E-state index < -0.39 is 0 Å². The van der Waals surface area contributed by atoms with Gasteiger partial charge in [-0.1, -0.05) is 45.9 Å². The van der Waals surface area contributed by atoms with Gasteiger partial charge in [-0.25, -0.2) is 0 Å². The molecule has 70 valence electrons. The third kappa shape index (κ3) is 2.23. The Morgan fingerprint density at radius 2 is 2.08 bits per heavy atom. The van der Waals surface area contributed by atoms with Gasteiger partial charge in [-0.2, -0.15) is 0 Å². The maximum Gasteiger partial charge on any atom is 0.0106 e. The van der Waals surface area contributed by atoms with Gasteiger partial charge >= 0.3 is 0 Å². The molecule has 0 saturated carbocycles. The van der Waals surface area contributed by atoms with Gasteiger partial charge in [0.15, 0.2) is 0 Å². The van der Waals surface area contributed by atoms with Crippen molar-refractivity contribution < 1.29 is 0 Å². The van der Waals surface area contributed by atoms with E-state index in [2.05, 4.69) is 31.2 Å². The number of aryl methyl sites for hydroxylation is 1. The Kier molecular flexibility index (Phi) is 3.23. The second-order valence-corrected chi connectivity index (χ2v) is 6.08. The molecule has 1 atom stereocenters. The molecule has 0 amide bonds. The molecule has 0 aromatic heterocycles. The van der Waals surface area contributed by atoms with E-state index in [1.807, 2.05) is 21.6 Å². The summed E-state index contributed by atoms with van der Waals surface area (Å²) in [5.74, 6) is 3.39. The molecule has 1 aromatic carbocycles. The van der Waals surface area contributed by atoms with Crippen LogP contribution >= 0.6 is 21.6 Å². The van der Waals surface area contributed by atoms with Crippen LogP contribution < -0.4 is 0 Å². The predicted octanol–water partition coefficient (Wildman–Crippen LogP) is 3.86. The van der Waals surface area contributed by atoms with Gasteiger partial charge in [-0.3, -0.25) is 0 Å². The van der Waals surface area contributed by atoms with Crippen LogP contribution in [0.15, 0.2) is 24.3 Å². The Labute approximate surface area is 87.9 Å². The minimum atomic E-state index is 0.799. The van der Waals surface area contributed by atoms with E-state index in [0.29, 0.717) is 0 Å². The average Bonchev–Trinajstić information content (AvgIpc) is 2.20. The van der Waals surface area contributed by atoms with Crippen molar-refractivity contribution in [3.05, 3.63) is 35.4 Å². The van der Waals surface area contributed by atoms with E-state index in [9.17, 15) is 0 Å². The molecule has 1 aliphatic rings. The lowest BCUT2D eigenvalue weighted by Gasteiger charge is -2.22. The SMILES string of the molecule is Cc1ccccc1C1CCSSC1. The molecule has 2 rings (SSSR count). The van der Waals surface area contributed by atoms with E-state index >= 15 is 0 Å². The topological polar surface area (TPSA) is 0 Å². The first-order valence-corrected chi connectivity index (χ1v) is 7.16. The molecule has 2 heteroatoms. The van der Waals surface area contributed by atoms with Crippen molar-refractivity contribution in [3.63, 3.8) is 0 Å². The van der Waals surface area contributed by atoms with Crippen molar-refractivity contribution in [2.75, 3.05) is 11.5 Å². The van der Waals surface area contributed by atoms with Crippen LogP contribution in [0.2, 0.25) is 0 Å². The molecule has 1 aromatic rings. The third-order valence-electron chi connectivity index (χ3n) is 2.53. The normalized spacial score (nSPS) is 23.0. The fourth-order valence-electron chi connectivity index (χ4n) is 1.75. The summed E-state index contributed by atoms with van der Waals surface area (Å²) < 4.78 is 0. The minimum Gasteiger partial charge on any atom is -0.0941 e. The van der Waals surface area contributed by atoms with E-state index in [1.165, 1.54) is 23.5 Å². The fourth-order valence-corrected chi connectivity index (χ4v) is 4.28. The maximum atomic E-state index is 2.29. The number of hydrogen-bond donors (Lipinski definition) is 0.